The number of aryl methyl sites for hydroxylation is 2. The van der Waals surface area contributed by atoms with Gasteiger partial charge in [0.05, 0.1) is 17.4 Å². The number of hydrogen-bond acceptors (Lipinski definition) is 3. The monoisotopic (exact) mass is 338 g/mol. The normalized spacial score (nSPS) is 24.0. The summed E-state index contributed by atoms with van der Waals surface area (Å²) in [5, 5.41) is 4.58. The van der Waals surface area contributed by atoms with Crippen LogP contribution in [0.15, 0.2) is 30.3 Å². The van der Waals surface area contributed by atoms with E-state index < -0.39 is 0 Å². The van der Waals surface area contributed by atoms with Gasteiger partial charge < -0.3 is 4.90 Å². The average Bonchev–Trinajstić information content (AvgIpc) is 3.18. The van der Waals surface area contributed by atoms with Gasteiger partial charge in [0.2, 0.25) is 5.91 Å². The number of piperazine rings is 1. The van der Waals surface area contributed by atoms with Crippen LogP contribution in [-0.4, -0.2) is 50.7 Å². The molecule has 0 spiro atoms. The summed E-state index contributed by atoms with van der Waals surface area (Å²) < 4.78 is 1.99. The molecule has 2 aromatic rings. The van der Waals surface area contributed by atoms with Crippen molar-refractivity contribution >= 4 is 5.91 Å². The Kier molecular flexibility index (Phi) is 4.12. The quantitative estimate of drug-likeness (QED) is 0.864. The zero-order chi connectivity index (χ0) is 17.6. The lowest BCUT2D eigenvalue weighted by atomic mass is 10.1. The molecule has 4 rings (SSSR count). The van der Waals surface area contributed by atoms with Gasteiger partial charge in [0.1, 0.15) is 0 Å². The molecule has 5 nitrogen and oxygen atoms in total. The molecule has 1 amide bonds. The molecule has 0 N–H and O–H groups in total. The van der Waals surface area contributed by atoms with E-state index in [0.717, 1.165) is 49.6 Å². The molecular formula is C20H26N4O. The highest BCUT2D eigenvalue weighted by Gasteiger charge is 2.39. The molecule has 2 saturated heterocycles. The maximum atomic E-state index is 12.6. The second-order valence-corrected chi connectivity index (χ2v) is 7.44. The van der Waals surface area contributed by atoms with E-state index in [9.17, 15) is 4.79 Å². The number of benzene rings is 1. The molecule has 0 radical (unpaired) electrons. The van der Waals surface area contributed by atoms with Crippen molar-refractivity contribution in [1.29, 1.82) is 0 Å². The van der Waals surface area contributed by atoms with Crippen molar-refractivity contribution in [2.75, 3.05) is 13.1 Å². The van der Waals surface area contributed by atoms with Crippen molar-refractivity contribution in [3.63, 3.8) is 0 Å². The molecule has 1 aromatic heterocycles. The number of fused-ring (bicyclic) bond motifs is 1. The molecule has 5 heteroatoms. The van der Waals surface area contributed by atoms with Gasteiger partial charge in [-0.3, -0.25) is 9.69 Å². The van der Waals surface area contributed by atoms with Crippen LogP contribution >= 0.6 is 0 Å². The van der Waals surface area contributed by atoms with Crippen LogP contribution in [0, 0.1) is 13.8 Å². The molecule has 1 aromatic carbocycles. The van der Waals surface area contributed by atoms with Gasteiger partial charge in [-0.15, -0.1) is 0 Å². The fraction of sp³-hybridized carbons (Fsp3) is 0.500. The van der Waals surface area contributed by atoms with Crippen LogP contribution in [0.5, 0.6) is 0 Å². The molecule has 0 bridgehead atoms. The number of aromatic nitrogens is 2. The first-order valence-electron chi connectivity index (χ1n) is 9.20. The number of rotatable bonds is 3. The Balaban J connectivity index is 1.56. The number of nitrogens with zero attached hydrogens (tertiary/aromatic N) is 4. The minimum atomic E-state index is -0.0355. The predicted molar refractivity (Wildman–Crippen MR) is 97.6 cm³/mol. The summed E-state index contributed by atoms with van der Waals surface area (Å²) in [6.07, 6.45) is 2.28. The van der Waals surface area contributed by atoms with Crippen molar-refractivity contribution in [2.45, 2.75) is 52.2 Å². The van der Waals surface area contributed by atoms with E-state index >= 15 is 0 Å². The highest BCUT2D eigenvalue weighted by Crippen LogP contribution is 2.27. The summed E-state index contributed by atoms with van der Waals surface area (Å²) in [5.41, 5.74) is 4.48. The molecule has 0 aliphatic carbocycles. The van der Waals surface area contributed by atoms with E-state index in [1.807, 2.05) is 18.5 Å². The standard InChI is InChI=1S/C20H26N4O/c1-14-10-15(2)24(21-14)18-7-4-6-17(11-18)12-22-13-19-8-5-9-23(19)20(25)16(22)3/h4,6-7,10-11,16,19H,5,8-9,12-13H2,1-3H3/t16-,19-/m0/s1. The van der Waals surface area contributed by atoms with E-state index in [0.29, 0.717) is 11.9 Å². The molecule has 3 heterocycles. The van der Waals surface area contributed by atoms with E-state index in [1.54, 1.807) is 0 Å². The van der Waals surface area contributed by atoms with Crippen LogP contribution in [0.25, 0.3) is 5.69 Å². The van der Waals surface area contributed by atoms with Crippen molar-refractivity contribution < 1.29 is 4.79 Å². The van der Waals surface area contributed by atoms with Gasteiger partial charge in [-0.2, -0.15) is 5.10 Å². The second-order valence-electron chi connectivity index (χ2n) is 7.44. The molecule has 25 heavy (non-hydrogen) atoms. The van der Waals surface area contributed by atoms with Crippen LogP contribution in [0.1, 0.15) is 36.7 Å². The van der Waals surface area contributed by atoms with Crippen LogP contribution in [0.4, 0.5) is 0 Å². The summed E-state index contributed by atoms with van der Waals surface area (Å²) >= 11 is 0. The Hall–Kier alpha value is -2.14. The molecule has 2 aliphatic rings. The summed E-state index contributed by atoms with van der Waals surface area (Å²) in [5.74, 6) is 0.295. The van der Waals surface area contributed by atoms with Gasteiger partial charge in [-0.25, -0.2) is 4.68 Å². The zero-order valence-corrected chi connectivity index (χ0v) is 15.3. The number of carbonyl (C=O) groups excluding carboxylic acids is 1. The van der Waals surface area contributed by atoms with E-state index in [2.05, 4.69) is 52.2 Å². The molecule has 0 saturated carbocycles. The van der Waals surface area contributed by atoms with Crippen LogP contribution in [0.2, 0.25) is 0 Å². The Morgan fingerprint density at radius 1 is 1.24 bits per heavy atom. The van der Waals surface area contributed by atoms with Gasteiger partial charge in [0.25, 0.3) is 0 Å². The fourth-order valence-electron chi connectivity index (χ4n) is 4.25. The van der Waals surface area contributed by atoms with Gasteiger partial charge in [-0.05, 0) is 57.4 Å². The Labute approximate surface area is 149 Å². The maximum absolute atomic E-state index is 12.6. The molecule has 2 fully saturated rings. The third kappa shape index (κ3) is 2.97. The minimum Gasteiger partial charge on any atom is -0.337 e. The first-order chi connectivity index (χ1) is 12.0. The van der Waals surface area contributed by atoms with Crippen molar-refractivity contribution in [3.05, 3.63) is 47.3 Å². The van der Waals surface area contributed by atoms with Crippen LogP contribution in [-0.2, 0) is 11.3 Å². The van der Waals surface area contributed by atoms with Crippen LogP contribution in [0.3, 0.4) is 0 Å². The Morgan fingerprint density at radius 3 is 2.84 bits per heavy atom. The average molecular weight is 338 g/mol. The maximum Gasteiger partial charge on any atom is 0.239 e. The number of carbonyl (C=O) groups is 1. The second kappa shape index (κ2) is 6.30. The molecule has 2 aliphatic heterocycles. The SMILES string of the molecule is Cc1cc(C)n(-c2cccc(CN3C[C@@H]4CCCN4C(=O)[C@@H]3C)c2)n1. The molecule has 132 valence electrons. The van der Waals surface area contributed by atoms with Crippen molar-refractivity contribution in [2.24, 2.45) is 0 Å². The zero-order valence-electron chi connectivity index (χ0n) is 15.3. The highest BCUT2D eigenvalue weighted by atomic mass is 16.2. The summed E-state index contributed by atoms with van der Waals surface area (Å²) in [7, 11) is 0. The van der Waals surface area contributed by atoms with Gasteiger partial charge in [0.15, 0.2) is 0 Å². The third-order valence-electron chi connectivity index (χ3n) is 5.56. The largest absolute Gasteiger partial charge is 0.337 e. The lowest BCUT2D eigenvalue weighted by Gasteiger charge is -2.41. The molecule has 2 atom stereocenters. The Morgan fingerprint density at radius 2 is 2.08 bits per heavy atom. The van der Waals surface area contributed by atoms with E-state index in [1.165, 1.54) is 5.56 Å². The lowest BCUT2D eigenvalue weighted by Crippen LogP contribution is -2.58. The van der Waals surface area contributed by atoms with Crippen molar-refractivity contribution in [1.82, 2.24) is 19.6 Å². The summed E-state index contributed by atoms with van der Waals surface area (Å²) in [4.78, 5) is 17.0. The predicted octanol–water partition coefficient (Wildman–Crippen LogP) is 2.68. The first-order valence-corrected chi connectivity index (χ1v) is 9.20. The number of amides is 1. The summed E-state index contributed by atoms with van der Waals surface area (Å²) in [6, 6.07) is 11.0. The molecule has 0 unspecified atom stereocenters. The molecular weight excluding hydrogens is 312 g/mol. The smallest absolute Gasteiger partial charge is 0.239 e. The lowest BCUT2D eigenvalue weighted by molar-refractivity contribution is -0.143. The topological polar surface area (TPSA) is 41.4 Å². The van der Waals surface area contributed by atoms with Gasteiger partial charge in [0, 0.05) is 31.4 Å². The first kappa shape index (κ1) is 16.3. The van der Waals surface area contributed by atoms with E-state index in [-0.39, 0.29) is 6.04 Å². The third-order valence-corrected chi connectivity index (χ3v) is 5.56. The number of hydrogen-bond donors (Lipinski definition) is 0. The van der Waals surface area contributed by atoms with Gasteiger partial charge in [-0.1, -0.05) is 12.1 Å². The van der Waals surface area contributed by atoms with Crippen LogP contribution < -0.4 is 0 Å². The fourth-order valence-corrected chi connectivity index (χ4v) is 4.25. The van der Waals surface area contributed by atoms with Crippen molar-refractivity contribution in [3.8, 4) is 5.69 Å². The van der Waals surface area contributed by atoms with Gasteiger partial charge >= 0.3 is 0 Å². The Bertz CT molecular complexity index is 797. The summed E-state index contributed by atoms with van der Waals surface area (Å²) in [6.45, 7) is 8.87. The highest BCUT2D eigenvalue weighted by molar-refractivity contribution is 5.83. The van der Waals surface area contributed by atoms with E-state index in [4.69, 9.17) is 0 Å². The minimum absolute atomic E-state index is 0.0355.